The molecule has 1 aromatic rings. The number of carbonyl (C=O) groups excluding carboxylic acids is 1. The predicted molar refractivity (Wildman–Crippen MR) is 82.3 cm³/mol. The Labute approximate surface area is 138 Å². The maximum Gasteiger partial charge on any atom is 0.340 e. The Morgan fingerprint density at radius 2 is 2.17 bits per heavy atom. The average molecular weight is 335 g/mol. The third-order valence-corrected chi connectivity index (χ3v) is 3.97. The highest BCUT2D eigenvalue weighted by atomic mass is 19.1. The van der Waals surface area contributed by atoms with Gasteiger partial charge in [0.05, 0.1) is 29.3 Å². The lowest BCUT2D eigenvalue weighted by Crippen LogP contribution is -2.37. The maximum absolute atomic E-state index is 13.3. The van der Waals surface area contributed by atoms with Gasteiger partial charge in [0.2, 0.25) is 0 Å². The lowest BCUT2D eigenvalue weighted by Gasteiger charge is -2.31. The molecule has 8 heteroatoms. The number of anilines is 1. The monoisotopic (exact) mass is 335 g/mol. The van der Waals surface area contributed by atoms with Crippen molar-refractivity contribution in [2.45, 2.75) is 26.4 Å². The lowest BCUT2D eigenvalue weighted by atomic mass is 9.96. The van der Waals surface area contributed by atoms with E-state index in [1.807, 2.05) is 6.07 Å². The zero-order chi connectivity index (χ0) is 17.7. The minimum atomic E-state index is -0.960. The molecule has 24 heavy (non-hydrogen) atoms. The second kappa shape index (κ2) is 7.73. The summed E-state index contributed by atoms with van der Waals surface area (Å²) < 4.78 is 18.1. The van der Waals surface area contributed by atoms with Crippen LogP contribution in [0, 0.1) is 17.2 Å². The topological polar surface area (TPSA) is 104 Å². The van der Waals surface area contributed by atoms with E-state index in [1.54, 1.807) is 11.8 Å². The highest BCUT2D eigenvalue weighted by molar-refractivity contribution is 5.91. The molecule has 2 rings (SSSR count). The number of esters is 1. The number of ether oxygens (including phenoxy) is 1. The smallest absolute Gasteiger partial charge is 0.340 e. The first-order valence-corrected chi connectivity index (χ1v) is 7.66. The fraction of sp³-hybridized carbons (Fsp3) is 0.500. The van der Waals surface area contributed by atoms with Crippen LogP contribution in [0.5, 0.6) is 0 Å². The number of pyridine rings is 1. The van der Waals surface area contributed by atoms with Gasteiger partial charge < -0.3 is 14.7 Å². The van der Waals surface area contributed by atoms with Gasteiger partial charge in [0.25, 0.3) is 0 Å². The van der Waals surface area contributed by atoms with E-state index in [1.165, 1.54) is 6.07 Å². The van der Waals surface area contributed by atoms with Crippen LogP contribution in [0.3, 0.4) is 0 Å². The molecule has 0 bridgehead atoms. The zero-order valence-corrected chi connectivity index (χ0v) is 13.3. The first kappa shape index (κ1) is 17.7. The van der Waals surface area contributed by atoms with Crippen LogP contribution in [0.1, 0.15) is 41.4 Å². The van der Waals surface area contributed by atoms with Crippen LogP contribution in [0.25, 0.3) is 0 Å². The van der Waals surface area contributed by atoms with Gasteiger partial charge in [-0.15, -0.1) is 0 Å². The van der Waals surface area contributed by atoms with Gasteiger partial charge in [-0.25, -0.2) is 14.2 Å². The van der Waals surface area contributed by atoms with Crippen molar-refractivity contribution in [3.05, 3.63) is 22.9 Å². The molecule has 2 heterocycles. The summed E-state index contributed by atoms with van der Waals surface area (Å²) in [5.41, 5.74) is 0.00640. The molecule has 0 radical (unpaired) electrons. The lowest BCUT2D eigenvalue weighted by molar-refractivity contribution is -0.142. The molecule has 0 atom stereocenters. The Morgan fingerprint density at radius 3 is 2.67 bits per heavy atom. The van der Waals surface area contributed by atoms with Crippen molar-refractivity contribution >= 4 is 17.8 Å². The van der Waals surface area contributed by atoms with Gasteiger partial charge in [0.15, 0.2) is 0 Å². The Kier molecular flexibility index (Phi) is 5.68. The summed E-state index contributed by atoms with van der Waals surface area (Å²) >= 11 is 0. The molecule has 7 nitrogen and oxygen atoms in total. The number of carbonyl (C=O) groups is 2. The summed E-state index contributed by atoms with van der Waals surface area (Å²) in [6, 6.07) is 3.26. The Balaban J connectivity index is 2.32. The fourth-order valence-corrected chi connectivity index (χ4v) is 2.69. The fourth-order valence-electron chi connectivity index (χ4n) is 2.69. The highest BCUT2D eigenvalue weighted by Gasteiger charge is 2.28. The van der Waals surface area contributed by atoms with Crippen LogP contribution in [-0.2, 0) is 16.2 Å². The van der Waals surface area contributed by atoms with Crippen molar-refractivity contribution in [3.63, 3.8) is 0 Å². The van der Waals surface area contributed by atoms with Crippen molar-refractivity contribution in [3.8, 4) is 6.07 Å². The second-order valence-corrected chi connectivity index (χ2v) is 5.42. The first-order chi connectivity index (χ1) is 11.5. The quantitative estimate of drug-likeness (QED) is 0.820. The summed E-state index contributed by atoms with van der Waals surface area (Å²) in [5.74, 6) is -1.70. The van der Waals surface area contributed by atoms with E-state index >= 15 is 0 Å². The molecule has 1 N–H and O–H groups in total. The Morgan fingerprint density at radius 1 is 1.50 bits per heavy atom. The molecule has 0 aromatic carbocycles. The molecule has 0 spiro atoms. The molecule has 0 saturated carbocycles. The summed E-state index contributed by atoms with van der Waals surface area (Å²) in [7, 11) is 0. The number of aromatic nitrogens is 1. The van der Waals surface area contributed by atoms with E-state index in [9.17, 15) is 19.2 Å². The first-order valence-electron chi connectivity index (χ1n) is 7.66. The number of aliphatic carboxylic acids is 1. The number of halogens is 1. The summed E-state index contributed by atoms with van der Waals surface area (Å²) in [5, 5.41) is 18.4. The Hall–Kier alpha value is -2.69. The van der Waals surface area contributed by atoms with E-state index in [0.29, 0.717) is 25.9 Å². The van der Waals surface area contributed by atoms with Gasteiger partial charge >= 0.3 is 11.9 Å². The van der Waals surface area contributed by atoms with Crippen LogP contribution < -0.4 is 4.90 Å². The van der Waals surface area contributed by atoms with Crippen LogP contribution in [0.15, 0.2) is 6.07 Å². The molecule has 0 amide bonds. The molecule has 1 aliphatic rings. The molecule has 1 aromatic heterocycles. The number of hydrogen-bond acceptors (Lipinski definition) is 6. The zero-order valence-electron chi connectivity index (χ0n) is 13.3. The molecule has 0 aliphatic carbocycles. The minimum absolute atomic E-state index is 0.0555. The van der Waals surface area contributed by atoms with Crippen molar-refractivity contribution in [2.24, 2.45) is 5.92 Å². The van der Waals surface area contributed by atoms with Crippen molar-refractivity contribution in [1.82, 2.24) is 4.98 Å². The average Bonchev–Trinajstić information content (AvgIpc) is 2.60. The minimum Gasteiger partial charge on any atom is -0.481 e. The maximum atomic E-state index is 13.3. The highest BCUT2D eigenvalue weighted by Crippen LogP contribution is 2.27. The van der Waals surface area contributed by atoms with Gasteiger partial charge in [0, 0.05) is 13.1 Å². The summed E-state index contributed by atoms with van der Waals surface area (Å²) in [6.45, 7) is 1.62. The normalized spacial score (nSPS) is 15.0. The number of alkyl halides is 1. The van der Waals surface area contributed by atoms with Gasteiger partial charge in [-0.3, -0.25) is 4.79 Å². The van der Waals surface area contributed by atoms with Crippen LogP contribution in [0.2, 0.25) is 0 Å². The number of hydrogen-bond donors (Lipinski definition) is 1. The van der Waals surface area contributed by atoms with E-state index in [0.717, 1.165) is 0 Å². The number of carboxylic acid groups (broad SMARTS) is 1. The molecule has 1 fully saturated rings. The van der Waals surface area contributed by atoms with Crippen LogP contribution in [-0.4, -0.2) is 41.7 Å². The number of piperidine rings is 1. The van der Waals surface area contributed by atoms with Gasteiger partial charge in [0.1, 0.15) is 18.6 Å². The molecule has 1 saturated heterocycles. The molecule has 1 aliphatic heterocycles. The number of nitriles is 1. The molecular formula is C16H18FN3O4. The third kappa shape index (κ3) is 3.62. The van der Waals surface area contributed by atoms with E-state index in [-0.39, 0.29) is 29.2 Å². The van der Waals surface area contributed by atoms with E-state index in [2.05, 4.69) is 4.98 Å². The Bertz CT molecular complexity index is 679. The van der Waals surface area contributed by atoms with Gasteiger partial charge in [-0.2, -0.15) is 5.26 Å². The van der Waals surface area contributed by atoms with Crippen molar-refractivity contribution in [1.29, 1.82) is 5.26 Å². The van der Waals surface area contributed by atoms with Crippen molar-refractivity contribution in [2.75, 3.05) is 24.6 Å². The van der Waals surface area contributed by atoms with Crippen molar-refractivity contribution < 1.29 is 23.8 Å². The SMILES string of the molecule is CCOC(=O)c1cc(C#N)c(N2CCC(C(=O)O)CC2)nc1CF. The second-order valence-electron chi connectivity index (χ2n) is 5.42. The number of rotatable bonds is 5. The van der Waals surface area contributed by atoms with E-state index in [4.69, 9.17) is 9.84 Å². The predicted octanol–water partition coefficient (Wildman–Crippen LogP) is 1.90. The third-order valence-electron chi connectivity index (χ3n) is 3.97. The van der Waals surface area contributed by atoms with Gasteiger partial charge in [-0.1, -0.05) is 0 Å². The number of nitrogens with zero attached hydrogens (tertiary/aromatic N) is 3. The van der Waals surface area contributed by atoms with Gasteiger partial charge in [-0.05, 0) is 25.8 Å². The van der Waals surface area contributed by atoms with Crippen LogP contribution in [0.4, 0.5) is 10.2 Å². The molecular weight excluding hydrogens is 317 g/mol. The standard InChI is InChI=1S/C16H18FN3O4/c1-2-24-16(23)12-7-11(9-18)14(19-13(12)8-17)20-5-3-10(4-6-20)15(21)22/h7,10H,2-6,8H2,1H3,(H,21,22). The molecule has 128 valence electrons. The van der Waals surface area contributed by atoms with E-state index < -0.39 is 24.5 Å². The largest absolute Gasteiger partial charge is 0.481 e. The molecule has 0 unspecified atom stereocenters. The summed E-state index contributed by atoms with van der Waals surface area (Å²) in [6.07, 6.45) is 0.846. The van der Waals surface area contributed by atoms with Crippen LogP contribution >= 0.6 is 0 Å². The number of carboxylic acids is 1. The summed E-state index contributed by atoms with van der Waals surface area (Å²) in [4.78, 5) is 28.8.